The van der Waals surface area contributed by atoms with Gasteiger partial charge in [-0.25, -0.2) is 0 Å². The van der Waals surface area contributed by atoms with Crippen molar-refractivity contribution in [2.75, 3.05) is 19.6 Å². The first-order chi connectivity index (χ1) is 8.25. The average Bonchev–Trinajstić information content (AvgIpc) is 2.58. The van der Waals surface area contributed by atoms with Crippen molar-refractivity contribution in [2.45, 2.75) is 38.1 Å². The van der Waals surface area contributed by atoms with Crippen molar-refractivity contribution in [1.82, 2.24) is 16.0 Å². The number of hydrogen-bond acceptors (Lipinski definition) is 3. The molecule has 0 bridgehead atoms. The van der Waals surface area contributed by atoms with Crippen molar-refractivity contribution in [3.8, 4) is 0 Å². The number of hydrogen-bond donors (Lipinski definition) is 3. The van der Waals surface area contributed by atoms with Crippen LogP contribution in [-0.2, 0) is 9.59 Å². The lowest BCUT2D eigenvalue weighted by molar-refractivity contribution is -0.129. The van der Waals surface area contributed by atoms with Gasteiger partial charge >= 0.3 is 0 Å². The Bertz CT molecular complexity index is 275. The van der Waals surface area contributed by atoms with E-state index in [1.807, 2.05) is 0 Å². The predicted octanol–water partition coefficient (Wildman–Crippen LogP) is -0.229. The molecule has 2 aliphatic rings. The number of nitrogens with one attached hydrogen (secondary N) is 3. The summed E-state index contributed by atoms with van der Waals surface area (Å²) in [7, 11) is 0. The van der Waals surface area contributed by atoms with Gasteiger partial charge in [-0.2, -0.15) is 0 Å². The van der Waals surface area contributed by atoms with Gasteiger partial charge in [0.15, 0.2) is 0 Å². The Morgan fingerprint density at radius 2 is 2.12 bits per heavy atom. The van der Waals surface area contributed by atoms with Gasteiger partial charge in [-0.1, -0.05) is 6.42 Å². The summed E-state index contributed by atoms with van der Waals surface area (Å²) in [5.74, 6) is 0.111. The SMILES string of the molecule is O=C1CCC(C(=O)NC2CCCCNC2)CN1. The highest BCUT2D eigenvalue weighted by molar-refractivity contribution is 5.83. The van der Waals surface area contributed by atoms with E-state index in [1.165, 1.54) is 12.8 Å². The zero-order valence-corrected chi connectivity index (χ0v) is 10.1. The molecule has 2 rings (SSSR count). The third-order valence-electron chi connectivity index (χ3n) is 3.53. The van der Waals surface area contributed by atoms with Crippen LogP contribution in [0.25, 0.3) is 0 Å². The fourth-order valence-electron chi connectivity index (χ4n) is 2.42. The molecule has 0 aromatic rings. The molecule has 5 heteroatoms. The minimum absolute atomic E-state index is 0.0454. The minimum Gasteiger partial charge on any atom is -0.355 e. The van der Waals surface area contributed by atoms with E-state index in [-0.39, 0.29) is 23.8 Å². The average molecular weight is 239 g/mol. The van der Waals surface area contributed by atoms with E-state index in [0.29, 0.717) is 19.4 Å². The fraction of sp³-hybridized carbons (Fsp3) is 0.833. The first-order valence-electron chi connectivity index (χ1n) is 6.53. The molecule has 96 valence electrons. The maximum Gasteiger partial charge on any atom is 0.225 e. The number of piperidine rings is 1. The molecule has 2 saturated heterocycles. The molecule has 0 saturated carbocycles. The van der Waals surface area contributed by atoms with Crippen molar-refractivity contribution >= 4 is 11.8 Å². The fourth-order valence-corrected chi connectivity index (χ4v) is 2.42. The second kappa shape index (κ2) is 6.00. The molecule has 17 heavy (non-hydrogen) atoms. The Kier molecular flexibility index (Phi) is 4.36. The number of carbonyl (C=O) groups excluding carboxylic acids is 2. The topological polar surface area (TPSA) is 70.2 Å². The Morgan fingerprint density at radius 1 is 1.24 bits per heavy atom. The van der Waals surface area contributed by atoms with Crippen molar-refractivity contribution in [3.05, 3.63) is 0 Å². The number of rotatable bonds is 2. The molecule has 2 unspecified atom stereocenters. The monoisotopic (exact) mass is 239 g/mol. The molecular formula is C12H21N3O2. The lowest BCUT2D eigenvalue weighted by atomic mass is 9.97. The van der Waals surface area contributed by atoms with Gasteiger partial charge in [0.2, 0.25) is 11.8 Å². The molecule has 0 aromatic carbocycles. The van der Waals surface area contributed by atoms with E-state index >= 15 is 0 Å². The molecule has 5 nitrogen and oxygen atoms in total. The predicted molar refractivity (Wildman–Crippen MR) is 64.4 cm³/mol. The first-order valence-corrected chi connectivity index (χ1v) is 6.53. The van der Waals surface area contributed by atoms with Crippen molar-refractivity contribution in [2.24, 2.45) is 5.92 Å². The molecule has 0 aliphatic carbocycles. The lowest BCUT2D eigenvalue weighted by Crippen LogP contribution is -2.48. The summed E-state index contributed by atoms with van der Waals surface area (Å²) in [5.41, 5.74) is 0. The van der Waals surface area contributed by atoms with Crippen molar-refractivity contribution in [1.29, 1.82) is 0 Å². The van der Waals surface area contributed by atoms with E-state index in [1.54, 1.807) is 0 Å². The summed E-state index contributed by atoms with van der Waals surface area (Å²) in [6.07, 6.45) is 4.56. The van der Waals surface area contributed by atoms with E-state index in [4.69, 9.17) is 0 Å². The van der Waals surface area contributed by atoms with E-state index in [0.717, 1.165) is 19.5 Å². The smallest absolute Gasteiger partial charge is 0.225 e. The van der Waals surface area contributed by atoms with Crippen molar-refractivity contribution < 1.29 is 9.59 Å². The molecule has 2 amide bonds. The quantitative estimate of drug-likeness (QED) is 0.623. The standard InChI is InChI=1S/C12H21N3O2/c16-11-5-4-9(7-14-11)12(17)15-10-3-1-2-6-13-8-10/h9-10,13H,1-8H2,(H,14,16)(H,15,17). The first kappa shape index (κ1) is 12.4. The molecule has 0 radical (unpaired) electrons. The lowest BCUT2D eigenvalue weighted by Gasteiger charge is -2.24. The van der Waals surface area contributed by atoms with Gasteiger partial charge in [0.25, 0.3) is 0 Å². The highest BCUT2D eigenvalue weighted by atomic mass is 16.2. The zero-order chi connectivity index (χ0) is 12.1. The number of carbonyl (C=O) groups is 2. The zero-order valence-electron chi connectivity index (χ0n) is 10.1. The maximum absolute atomic E-state index is 12.0. The van der Waals surface area contributed by atoms with Crippen LogP contribution in [0.1, 0.15) is 32.1 Å². The Hall–Kier alpha value is -1.10. The van der Waals surface area contributed by atoms with Crippen LogP contribution in [0.2, 0.25) is 0 Å². The molecular weight excluding hydrogens is 218 g/mol. The highest BCUT2D eigenvalue weighted by Gasteiger charge is 2.26. The molecule has 2 fully saturated rings. The van der Waals surface area contributed by atoms with Crippen LogP contribution in [0.4, 0.5) is 0 Å². The summed E-state index contributed by atoms with van der Waals surface area (Å²) in [4.78, 5) is 23.0. The summed E-state index contributed by atoms with van der Waals surface area (Å²) in [6.45, 7) is 2.40. The number of amides is 2. The van der Waals surface area contributed by atoms with Crippen LogP contribution in [-0.4, -0.2) is 37.5 Å². The second-order valence-corrected chi connectivity index (χ2v) is 4.95. The van der Waals surface area contributed by atoms with Gasteiger partial charge in [0.05, 0.1) is 5.92 Å². The van der Waals surface area contributed by atoms with E-state index in [2.05, 4.69) is 16.0 Å². The van der Waals surface area contributed by atoms with Crippen LogP contribution >= 0.6 is 0 Å². The Labute approximate surface area is 102 Å². The van der Waals surface area contributed by atoms with Crippen molar-refractivity contribution in [3.63, 3.8) is 0 Å². The van der Waals surface area contributed by atoms with Crippen LogP contribution in [0, 0.1) is 5.92 Å². The third-order valence-corrected chi connectivity index (χ3v) is 3.53. The van der Waals surface area contributed by atoms with Crippen LogP contribution in [0.3, 0.4) is 0 Å². The molecule has 3 N–H and O–H groups in total. The van der Waals surface area contributed by atoms with E-state index < -0.39 is 0 Å². The molecule has 0 aromatic heterocycles. The van der Waals surface area contributed by atoms with Gasteiger partial charge in [-0.3, -0.25) is 9.59 Å². The summed E-state index contributed by atoms with van der Waals surface area (Å²) in [5, 5.41) is 9.17. The van der Waals surface area contributed by atoms with Gasteiger partial charge in [-0.15, -0.1) is 0 Å². The Balaban J connectivity index is 1.77. The Morgan fingerprint density at radius 3 is 2.88 bits per heavy atom. The van der Waals surface area contributed by atoms with Gasteiger partial charge in [0, 0.05) is 25.6 Å². The van der Waals surface area contributed by atoms with Crippen LogP contribution in [0.5, 0.6) is 0 Å². The molecule has 2 heterocycles. The summed E-state index contributed by atoms with van der Waals surface area (Å²) < 4.78 is 0. The largest absolute Gasteiger partial charge is 0.355 e. The molecule has 2 atom stereocenters. The third kappa shape index (κ3) is 3.70. The highest BCUT2D eigenvalue weighted by Crippen LogP contribution is 2.12. The van der Waals surface area contributed by atoms with Crippen LogP contribution < -0.4 is 16.0 Å². The summed E-state index contributed by atoms with van der Waals surface area (Å²) >= 11 is 0. The summed E-state index contributed by atoms with van der Waals surface area (Å²) in [6, 6.07) is 0.252. The van der Waals surface area contributed by atoms with Gasteiger partial charge in [0.1, 0.15) is 0 Å². The minimum atomic E-state index is -0.0454. The molecule has 0 spiro atoms. The second-order valence-electron chi connectivity index (χ2n) is 4.95. The van der Waals surface area contributed by atoms with Gasteiger partial charge in [-0.05, 0) is 25.8 Å². The normalized spacial score (nSPS) is 30.2. The van der Waals surface area contributed by atoms with E-state index in [9.17, 15) is 9.59 Å². The molecule has 2 aliphatic heterocycles. The maximum atomic E-state index is 12.0. The van der Waals surface area contributed by atoms with Crippen LogP contribution in [0.15, 0.2) is 0 Å². The van der Waals surface area contributed by atoms with Gasteiger partial charge < -0.3 is 16.0 Å².